The molecule has 100 heavy (non-hydrogen) atoms. The summed E-state index contributed by atoms with van der Waals surface area (Å²) in [6.45, 7) is 17.5. The summed E-state index contributed by atoms with van der Waals surface area (Å²) in [5.41, 5.74) is 7.49. The molecule has 0 radical (unpaired) electrons. The van der Waals surface area contributed by atoms with E-state index >= 15 is 0 Å². The molecule has 3 unspecified atom stereocenters. The van der Waals surface area contributed by atoms with E-state index in [2.05, 4.69) is 42.4 Å². The summed E-state index contributed by atoms with van der Waals surface area (Å²) in [6.07, 6.45) is 0.00574. The Morgan fingerprint density at radius 1 is 0.760 bits per heavy atom. The van der Waals surface area contributed by atoms with Crippen molar-refractivity contribution in [3.63, 3.8) is 0 Å². The standard InChI is InChI=1S/C71H108N12O17/c1-16-43(8)61(55(97-14)36-57(86)83-33-21-25-53(83)63(98-15)44(9)64(88)76-45(10)62(87)48-22-18-17-19-23-48)81(12)68(92)59(41(4)5)80-67(91)60(42(6)7)82(13)71(96)99-38-46-26-29-50(30-27-46)77-65(89)51(24-20-32-74-70(72)95)78-66(90)58(40(2)3)79-56(85)39-100-75-37-49-34-47(28-31-54(49)84)35-52(73-11)69(93)94/h17-19,22-23,26-31,34,37,40-45,51-53,55,58-63,73,84,87H,16,20-21,24-25,32-33,35-36,38-39H2,1-15H3,(H,76,88)(H,77,89)(H,78,90)(H,79,85)(H,80,91)(H,93,94)(H3,72,74,95)/b75-37+/t43-,44+,45+,51?,52?,53-,55+,58-,59?,60-,61-,62+,63+/m0/s1. The van der Waals surface area contributed by atoms with Crippen LogP contribution in [0.25, 0.3) is 0 Å². The number of carboxylic acid groups (broad SMARTS) is 1. The summed E-state index contributed by atoms with van der Waals surface area (Å²) in [5.74, 6) is -7.20. The van der Waals surface area contributed by atoms with E-state index < -0.39 is 145 Å². The number of phenols is 1. The molecule has 1 fully saturated rings. The largest absolute Gasteiger partial charge is 0.507 e. The second-order valence-electron chi connectivity index (χ2n) is 26.6. The highest BCUT2D eigenvalue weighted by molar-refractivity contribution is 5.99. The Balaban J connectivity index is 1.39. The summed E-state index contributed by atoms with van der Waals surface area (Å²) in [4.78, 5) is 145. The van der Waals surface area contributed by atoms with Gasteiger partial charge in [-0.1, -0.05) is 122 Å². The summed E-state index contributed by atoms with van der Waals surface area (Å²) >= 11 is 0. The van der Waals surface area contributed by atoms with Crippen LogP contribution < -0.4 is 43.0 Å². The molecule has 4 rings (SSSR count). The summed E-state index contributed by atoms with van der Waals surface area (Å²) in [6, 6.07) is 11.9. The Morgan fingerprint density at radius 2 is 1.41 bits per heavy atom. The number of benzene rings is 3. The van der Waals surface area contributed by atoms with Crippen molar-refractivity contribution in [2.45, 2.75) is 187 Å². The van der Waals surface area contributed by atoms with Gasteiger partial charge in [-0.25, -0.2) is 9.59 Å². The van der Waals surface area contributed by atoms with Crippen LogP contribution in [-0.2, 0) is 70.4 Å². The highest BCUT2D eigenvalue weighted by Crippen LogP contribution is 2.31. The average molecular weight is 1400 g/mol. The van der Waals surface area contributed by atoms with Gasteiger partial charge in [0.15, 0.2) is 6.61 Å². The monoisotopic (exact) mass is 1400 g/mol. The molecule has 1 aliphatic rings. The fourth-order valence-electron chi connectivity index (χ4n) is 12.2. The maximum absolute atomic E-state index is 14.8. The molecule has 0 aromatic heterocycles. The molecule has 1 saturated heterocycles. The van der Waals surface area contributed by atoms with Gasteiger partial charge in [-0.05, 0) is 111 Å². The van der Waals surface area contributed by atoms with Crippen molar-refractivity contribution in [1.29, 1.82) is 0 Å². The number of anilines is 1. The number of hydrogen-bond acceptors (Lipinski definition) is 18. The number of carboxylic acids is 1. The number of carbonyl (C=O) groups is 10. The molecular weight excluding hydrogens is 1290 g/mol. The van der Waals surface area contributed by atoms with Crippen LogP contribution in [0.4, 0.5) is 15.3 Å². The highest BCUT2D eigenvalue weighted by Gasteiger charge is 2.44. The molecular formula is C71H108N12O17. The van der Waals surface area contributed by atoms with Crippen molar-refractivity contribution in [2.75, 3.05) is 60.4 Å². The van der Waals surface area contributed by atoms with Crippen LogP contribution in [0.2, 0.25) is 0 Å². The highest BCUT2D eigenvalue weighted by atomic mass is 16.6. The minimum absolute atomic E-state index is 0.0288. The van der Waals surface area contributed by atoms with Crippen LogP contribution in [0.5, 0.6) is 5.75 Å². The molecule has 12 N–H and O–H groups in total. The number of primary amides is 1. The number of likely N-dealkylation sites (N-methyl/N-ethyl adjacent to an activating group) is 3. The zero-order chi connectivity index (χ0) is 74.7. The van der Waals surface area contributed by atoms with Gasteiger partial charge in [-0.3, -0.25) is 43.3 Å². The van der Waals surface area contributed by atoms with E-state index in [-0.39, 0.29) is 67.9 Å². The zero-order valence-electron chi connectivity index (χ0n) is 60.4. The molecule has 10 amide bonds. The number of nitrogens with one attached hydrogen (secondary N) is 7. The van der Waals surface area contributed by atoms with Crippen molar-refractivity contribution in [1.82, 2.24) is 46.6 Å². The number of nitrogens with zero attached hydrogens (tertiary/aromatic N) is 4. The van der Waals surface area contributed by atoms with Crippen molar-refractivity contribution in [3.8, 4) is 5.75 Å². The lowest BCUT2D eigenvalue weighted by atomic mass is 9.89. The van der Waals surface area contributed by atoms with Crippen LogP contribution in [0.3, 0.4) is 0 Å². The van der Waals surface area contributed by atoms with Gasteiger partial charge in [-0.2, -0.15) is 0 Å². The molecule has 29 nitrogen and oxygen atoms in total. The number of aliphatic carboxylic acids is 1. The van der Waals surface area contributed by atoms with E-state index in [1.54, 1.807) is 110 Å². The smallest absolute Gasteiger partial charge is 0.410 e. The molecule has 1 aliphatic heterocycles. The molecule has 3 aromatic rings. The maximum Gasteiger partial charge on any atom is 0.410 e. The minimum Gasteiger partial charge on any atom is -0.507 e. The Labute approximate surface area is 587 Å². The minimum atomic E-state index is -1.19. The summed E-state index contributed by atoms with van der Waals surface area (Å²) < 4.78 is 17.8. The first-order valence-corrected chi connectivity index (χ1v) is 34.1. The van der Waals surface area contributed by atoms with E-state index in [1.807, 2.05) is 32.0 Å². The number of aromatic hydroxyl groups is 1. The lowest BCUT2D eigenvalue weighted by molar-refractivity contribution is -0.148. The van der Waals surface area contributed by atoms with E-state index in [4.69, 9.17) is 24.8 Å². The number of phenolic OH excluding ortho intramolecular Hbond substituents is 1. The first-order valence-electron chi connectivity index (χ1n) is 34.1. The molecule has 0 saturated carbocycles. The van der Waals surface area contributed by atoms with Gasteiger partial charge in [0.25, 0.3) is 5.91 Å². The van der Waals surface area contributed by atoms with Gasteiger partial charge in [0.1, 0.15) is 42.6 Å². The number of hydrogen-bond donors (Lipinski definition) is 11. The Hall–Kier alpha value is -8.93. The number of ether oxygens (including phenoxy) is 3. The van der Waals surface area contributed by atoms with Crippen LogP contribution >= 0.6 is 0 Å². The zero-order valence-corrected chi connectivity index (χ0v) is 60.4. The van der Waals surface area contributed by atoms with Crippen LogP contribution in [0.1, 0.15) is 136 Å². The number of nitrogens with two attached hydrogens (primary N) is 1. The average Bonchev–Trinajstić information content (AvgIpc) is 1.69. The molecule has 0 spiro atoms. The van der Waals surface area contributed by atoms with Gasteiger partial charge in [-0.15, -0.1) is 0 Å². The number of methoxy groups -OCH3 is 2. The van der Waals surface area contributed by atoms with Gasteiger partial charge in [0.05, 0.1) is 55.0 Å². The number of rotatable bonds is 40. The molecule has 0 aliphatic carbocycles. The Kier molecular flexibility index (Phi) is 34.2. The molecule has 29 heteroatoms. The number of aliphatic hydroxyl groups is 1. The molecule has 554 valence electrons. The maximum atomic E-state index is 14.8. The number of likely N-dealkylation sites (tertiary alicyclic amines) is 1. The number of aliphatic hydroxyl groups excluding tert-OH is 1. The Bertz CT molecular complexity index is 3210. The quantitative estimate of drug-likeness (QED) is 0.0211. The first-order chi connectivity index (χ1) is 47.3. The third-order valence-electron chi connectivity index (χ3n) is 18.2. The van der Waals surface area contributed by atoms with Crippen molar-refractivity contribution in [2.24, 2.45) is 40.5 Å². The third-order valence-corrected chi connectivity index (χ3v) is 18.2. The van der Waals surface area contributed by atoms with Gasteiger partial charge in [0, 0.05) is 52.7 Å². The first kappa shape index (κ1) is 83.5. The Morgan fingerprint density at radius 3 is 1.99 bits per heavy atom. The van der Waals surface area contributed by atoms with Crippen molar-refractivity contribution in [3.05, 3.63) is 95.1 Å². The van der Waals surface area contributed by atoms with Crippen LogP contribution in [-0.4, -0.2) is 211 Å². The fraction of sp³-hybridized carbons (Fsp3) is 0.592. The van der Waals surface area contributed by atoms with Gasteiger partial charge >= 0.3 is 18.1 Å². The van der Waals surface area contributed by atoms with E-state index in [0.717, 1.165) is 11.1 Å². The van der Waals surface area contributed by atoms with Crippen molar-refractivity contribution >= 4 is 71.3 Å². The molecule has 3 aromatic carbocycles. The predicted molar refractivity (Wildman–Crippen MR) is 375 cm³/mol. The third kappa shape index (κ3) is 24.8. The summed E-state index contributed by atoms with van der Waals surface area (Å²) in [5, 5.41) is 53.5. The molecule has 1 heterocycles. The van der Waals surface area contributed by atoms with Crippen LogP contribution in [0.15, 0.2) is 78.0 Å². The SMILES string of the molecule is CC[C@H](C)[C@@H]([C@@H](CC(=O)N1CCC[C@H]1[C@H](OC)[C@@H](C)C(=O)N[C@H](C)[C@@H](O)c1ccccc1)OC)N(C)C(=O)C(NC(=O)[C@H](C(C)C)N(C)C(=O)OCc1ccc(NC(=O)C(CCCNC(N)=O)NC(=O)[C@@H](NC(=O)CO/N=C/c2cc(CC(NC)C(=O)O)ccc2O)C(C)C)cc1)C(C)C. The van der Waals surface area contributed by atoms with E-state index in [0.29, 0.717) is 48.2 Å². The van der Waals surface area contributed by atoms with E-state index in [9.17, 15) is 63.3 Å². The molecule has 0 bridgehead atoms. The lowest BCUT2D eigenvalue weighted by Gasteiger charge is -2.41. The number of urea groups is 1. The number of oxime groups is 1. The normalized spacial score (nSPS) is 16.7. The predicted octanol–water partition coefficient (Wildman–Crippen LogP) is 4.56. The van der Waals surface area contributed by atoms with Gasteiger partial charge in [0.2, 0.25) is 35.4 Å². The van der Waals surface area contributed by atoms with Gasteiger partial charge < -0.3 is 87.1 Å². The number of carbonyl (C=O) groups excluding carboxylic acids is 9. The van der Waals surface area contributed by atoms with Crippen molar-refractivity contribution < 1.29 is 82.3 Å². The molecule has 13 atom stereocenters. The second kappa shape index (κ2) is 41.0. The second-order valence-corrected chi connectivity index (χ2v) is 26.6. The summed E-state index contributed by atoms with van der Waals surface area (Å²) in [7, 11) is 7.56. The van der Waals surface area contributed by atoms with Crippen LogP contribution in [0, 0.1) is 29.6 Å². The number of amides is 10. The lowest BCUT2D eigenvalue weighted by Crippen LogP contribution is -2.60. The fourth-order valence-corrected chi connectivity index (χ4v) is 12.2. The van der Waals surface area contributed by atoms with E-state index in [1.165, 1.54) is 45.3 Å². The topological polar surface area (TPSA) is 401 Å².